The van der Waals surface area contributed by atoms with Crippen LogP contribution in [0.4, 0.5) is 28.9 Å². The monoisotopic (exact) mass is 610 g/mol. The van der Waals surface area contributed by atoms with Gasteiger partial charge < -0.3 is 15.1 Å². The number of hydrogen-bond acceptors (Lipinski definition) is 7. The summed E-state index contributed by atoms with van der Waals surface area (Å²) >= 11 is 5.68. The molecule has 0 unspecified atom stereocenters. The molecular formula is C27H31ClF4N8O2. The third-order valence-electron chi connectivity index (χ3n) is 7.44. The highest BCUT2D eigenvalue weighted by atomic mass is 35.5. The number of anilines is 2. The van der Waals surface area contributed by atoms with E-state index in [1.165, 1.54) is 23.2 Å². The molecule has 2 amide bonds. The minimum atomic E-state index is -4.88. The lowest BCUT2D eigenvalue weighted by atomic mass is 10.1. The fourth-order valence-electron chi connectivity index (χ4n) is 4.88. The normalized spacial score (nSPS) is 17.8. The number of alkyl halides is 3. The first-order chi connectivity index (χ1) is 19.7. The Hall–Kier alpha value is -3.78. The molecule has 10 nitrogen and oxygen atoms in total. The van der Waals surface area contributed by atoms with Crippen LogP contribution in [0.15, 0.2) is 30.6 Å². The zero-order valence-corrected chi connectivity index (χ0v) is 24.5. The number of aromatic nitrogens is 4. The van der Waals surface area contributed by atoms with Crippen LogP contribution < -0.4 is 10.2 Å². The van der Waals surface area contributed by atoms with Crippen LogP contribution in [0.3, 0.4) is 0 Å². The van der Waals surface area contributed by atoms with Gasteiger partial charge in [0.05, 0.1) is 28.7 Å². The standard InChI is InChI=1S/C27H31ClF4N8O2/c1-6-38(7-2)26(42)21-14-40(36-35-21)22-10-20(23(9-19(22)29)39-12-15(3)37(5)16(4)13-39)34-25(41)17-11-33-24(28)8-18(17)27(30,31)32/h8-11,14-16H,6-7,12-13H2,1-5H3,(H,34,41)/t15-,16+. The van der Waals surface area contributed by atoms with Crippen LogP contribution in [-0.4, -0.2) is 86.9 Å². The van der Waals surface area contributed by atoms with Crippen LogP contribution >= 0.6 is 11.6 Å². The number of halogens is 5. The molecule has 1 aromatic carbocycles. The number of hydrogen-bond donors (Lipinski definition) is 1. The molecule has 1 aliphatic rings. The maximum Gasteiger partial charge on any atom is 0.417 e. The van der Waals surface area contributed by atoms with Gasteiger partial charge in [-0.1, -0.05) is 16.8 Å². The number of rotatable bonds is 7. The summed E-state index contributed by atoms with van der Waals surface area (Å²) in [7, 11) is 1.97. The Bertz CT molecular complexity index is 1460. The van der Waals surface area contributed by atoms with Crippen LogP contribution in [0.2, 0.25) is 5.15 Å². The molecule has 1 saturated heterocycles. The van der Waals surface area contributed by atoms with Gasteiger partial charge in [-0.15, -0.1) is 5.10 Å². The van der Waals surface area contributed by atoms with Crippen molar-refractivity contribution in [3.05, 3.63) is 58.4 Å². The van der Waals surface area contributed by atoms with Gasteiger partial charge in [-0.2, -0.15) is 13.2 Å². The predicted octanol–water partition coefficient (Wildman–Crippen LogP) is 4.74. The summed E-state index contributed by atoms with van der Waals surface area (Å²) in [6, 6.07) is 3.13. The third kappa shape index (κ3) is 6.33. The first-order valence-electron chi connectivity index (χ1n) is 13.3. The molecule has 0 bridgehead atoms. The molecular weight excluding hydrogens is 580 g/mol. The van der Waals surface area contributed by atoms with Crippen LogP contribution in [0.1, 0.15) is 54.1 Å². The molecule has 1 aliphatic heterocycles. The minimum Gasteiger partial charge on any atom is -0.367 e. The van der Waals surface area contributed by atoms with Crippen molar-refractivity contribution in [3.63, 3.8) is 0 Å². The van der Waals surface area contributed by atoms with E-state index in [4.69, 9.17) is 11.6 Å². The van der Waals surface area contributed by atoms with E-state index in [1.54, 1.807) is 13.8 Å². The Kier molecular flexibility index (Phi) is 9.06. The molecule has 0 radical (unpaired) electrons. The summed E-state index contributed by atoms with van der Waals surface area (Å²) in [5.41, 5.74) is -1.89. The highest BCUT2D eigenvalue weighted by Gasteiger charge is 2.36. The summed E-state index contributed by atoms with van der Waals surface area (Å²) in [4.78, 5) is 35.2. The summed E-state index contributed by atoms with van der Waals surface area (Å²) in [6.07, 6.45) is -2.88. The van der Waals surface area contributed by atoms with Crippen LogP contribution in [0.5, 0.6) is 0 Å². The number of nitrogens with one attached hydrogen (secondary N) is 1. The van der Waals surface area contributed by atoms with Gasteiger partial charge in [0.2, 0.25) is 0 Å². The fourth-order valence-corrected chi connectivity index (χ4v) is 5.04. The number of benzene rings is 1. The predicted molar refractivity (Wildman–Crippen MR) is 150 cm³/mol. The van der Waals surface area contributed by atoms with Crippen LogP contribution in [0.25, 0.3) is 5.69 Å². The second kappa shape index (κ2) is 12.2. The molecule has 15 heteroatoms. The van der Waals surface area contributed by atoms with Crippen molar-refractivity contribution >= 4 is 34.8 Å². The summed E-state index contributed by atoms with van der Waals surface area (Å²) in [5, 5.41) is 9.88. The summed E-state index contributed by atoms with van der Waals surface area (Å²) in [6.45, 7) is 9.38. The van der Waals surface area contributed by atoms with Crippen molar-refractivity contribution < 1.29 is 27.2 Å². The molecule has 226 valence electrons. The largest absolute Gasteiger partial charge is 0.417 e. The Morgan fingerprint density at radius 3 is 2.33 bits per heavy atom. The van der Waals surface area contributed by atoms with Crippen molar-refractivity contribution in [3.8, 4) is 5.69 Å². The lowest BCUT2D eigenvalue weighted by Crippen LogP contribution is -2.55. The third-order valence-corrected chi connectivity index (χ3v) is 7.65. The van der Waals surface area contributed by atoms with E-state index in [1.807, 2.05) is 25.8 Å². The number of carbonyl (C=O) groups excluding carboxylic acids is 2. The molecule has 42 heavy (non-hydrogen) atoms. The van der Waals surface area contributed by atoms with Gasteiger partial charge in [0, 0.05) is 50.5 Å². The zero-order chi connectivity index (χ0) is 30.9. The zero-order valence-electron chi connectivity index (χ0n) is 23.7. The maximum absolute atomic E-state index is 15.7. The van der Waals surface area contributed by atoms with Crippen molar-refractivity contribution in [2.75, 3.05) is 43.4 Å². The lowest BCUT2D eigenvalue weighted by molar-refractivity contribution is -0.138. The van der Waals surface area contributed by atoms with E-state index in [9.17, 15) is 22.8 Å². The fraction of sp³-hybridized carbons (Fsp3) is 0.444. The Labute approximate surface area is 245 Å². The molecule has 0 spiro atoms. The molecule has 3 aromatic rings. The van der Waals surface area contributed by atoms with Crippen LogP contribution in [0, 0.1) is 5.82 Å². The quantitative estimate of drug-likeness (QED) is 0.305. The maximum atomic E-state index is 15.7. The van der Waals surface area contributed by atoms with Gasteiger partial charge in [0.25, 0.3) is 11.8 Å². The number of carbonyl (C=O) groups is 2. The van der Waals surface area contributed by atoms with Gasteiger partial charge in [-0.3, -0.25) is 14.5 Å². The van der Waals surface area contributed by atoms with Crippen molar-refractivity contribution in [2.45, 2.75) is 46.0 Å². The Morgan fingerprint density at radius 1 is 1.10 bits per heavy atom. The summed E-state index contributed by atoms with van der Waals surface area (Å²) < 4.78 is 58.0. The van der Waals surface area contributed by atoms with Gasteiger partial charge in [0.15, 0.2) is 11.5 Å². The average molecular weight is 611 g/mol. The molecule has 2 aromatic heterocycles. The molecule has 3 heterocycles. The topological polar surface area (TPSA) is 99.5 Å². The number of likely N-dealkylation sites (N-methyl/N-ethyl adjacent to an activating group) is 1. The Balaban J connectivity index is 1.79. The molecule has 1 N–H and O–H groups in total. The van der Waals surface area contributed by atoms with E-state index in [-0.39, 0.29) is 34.8 Å². The van der Waals surface area contributed by atoms with Gasteiger partial charge >= 0.3 is 6.18 Å². The van der Waals surface area contributed by atoms with E-state index < -0.39 is 40.1 Å². The summed E-state index contributed by atoms with van der Waals surface area (Å²) in [5.74, 6) is -2.25. The molecule has 2 atom stereocenters. The second-order valence-electron chi connectivity index (χ2n) is 10.1. The lowest BCUT2D eigenvalue weighted by Gasteiger charge is -2.44. The molecule has 4 rings (SSSR count). The Morgan fingerprint density at radius 2 is 1.74 bits per heavy atom. The first-order valence-corrected chi connectivity index (χ1v) is 13.7. The van der Waals surface area contributed by atoms with Crippen molar-refractivity contribution in [2.24, 2.45) is 0 Å². The molecule has 0 aliphatic carbocycles. The molecule has 0 saturated carbocycles. The minimum absolute atomic E-state index is 0.0171. The van der Waals surface area contributed by atoms with E-state index in [0.29, 0.717) is 32.2 Å². The van der Waals surface area contributed by atoms with Gasteiger partial charge in [-0.25, -0.2) is 14.1 Å². The second-order valence-corrected chi connectivity index (χ2v) is 10.5. The highest BCUT2D eigenvalue weighted by molar-refractivity contribution is 6.29. The number of nitrogens with zero attached hydrogens (tertiary/aromatic N) is 7. The highest BCUT2D eigenvalue weighted by Crippen LogP contribution is 2.36. The first kappa shape index (κ1) is 31.2. The smallest absolute Gasteiger partial charge is 0.367 e. The average Bonchev–Trinajstić information content (AvgIpc) is 3.42. The van der Waals surface area contributed by atoms with Crippen molar-refractivity contribution in [1.82, 2.24) is 29.8 Å². The van der Waals surface area contributed by atoms with Crippen LogP contribution in [-0.2, 0) is 6.18 Å². The number of pyridine rings is 1. The SMILES string of the molecule is CCN(CC)C(=O)c1cn(-c2cc(NC(=O)c3cnc(Cl)cc3C(F)(F)F)c(N3C[C@@H](C)N(C)[C@@H](C)C3)cc2F)nn1. The van der Waals surface area contributed by atoms with Gasteiger partial charge in [-0.05, 0) is 46.9 Å². The van der Waals surface area contributed by atoms with E-state index in [2.05, 4.69) is 25.5 Å². The van der Waals surface area contributed by atoms with E-state index >= 15 is 4.39 Å². The molecule has 1 fully saturated rings. The number of piperazine rings is 1. The number of amides is 2. The van der Waals surface area contributed by atoms with Gasteiger partial charge in [0.1, 0.15) is 10.8 Å². The van der Waals surface area contributed by atoms with E-state index in [0.717, 1.165) is 10.9 Å². The van der Waals surface area contributed by atoms with Crippen molar-refractivity contribution in [1.29, 1.82) is 0 Å².